The second kappa shape index (κ2) is 7.85. The Balaban J connectivity index is 1.42. The second-order valence-corrected chi connectivity index (χ2v) is 7.88. The van der Waals surface area contributed by atoms with E-state index in [0.29, 0.717) is 37.4 Å². The Morgan fingerprint density at radius 1 is 0.929 bits per heavy atom. The Bertz CT molecular complexity index is 910. The van der Waals surface area contributed by atoms with Crippen LogP contribution >= 0.6 is 15.9 Å². The predicted molar refractivity (Wildman–Crippen MR) is 109 cm³/mol. The minimum absolute atomic E-state index is 0.00448. The molecule has 0 aliphatic carbocycles. The van der Waals surface area contributed by atoms with Crippen LogP contribution in [0.25, 0.3) is 0 Å². The molecule has 3 amide bonds. The standard InChI is InChI=1S/C21H20BrN3O3/c22-16-7-4-8-17(13-16)25-19(26)14-18(21(25)28)23-9-11-24(12-10-23)20(27)15-5-2-1-3-6-15/h1-8,13,18H,9-12,14H2. The summed E-state index contributed by atoms with van der Waals surface area (Å²) >= 11 is 3.38. The van der Waals surface area contributed by atoms with Gasteiger partial charge in [-0.2, -0.15) is 0 Å². The maximum atomic E-state index is 12.9. The number of imide groups is 1. The summed E-state index contributed by atoms with van der Waals surface area (Å²) in [4.78, 5) is 43.1. The molecule has 28 heavy (non-hydrogen) atoms. The first-order valence-corrected chi connectivity index (χ1v) is 10.0. The van der Waals surface area contributed by atoms with E-state index in [0.717, 1.165) is 4.47 Å². The third kappa shape index (κ3) is 3.59. The molecule has 2 saturated heterocycles. The van der Waals surface area contributed by atoms with Crippen LogP contribution in [0, 0.1) is 0 Å². The molecule has 2 fully saturated rings. The van der Waals surface area contributed by atoms with Crippen molar-refractivity contribution >= 4 is 39.3 Å². The van der Waals surface area contributed by atoms with Crippen molar-refractivity contribution in [1.82, 2.24) is 9.80 Å². The van der Waals surface area contributed by atoms with E-state index in [1.54, 1.807) is 23.1 Å². The summed E-state index contributed by atoms with van der Waals surface area (Å²) in [6.07, 6.45) is 0.179. The average molecular weight is 442 g/mol. The lowest BCUT2D eigenvalue weighted by Crippen LogP contribution is -2.53. The van der Waals surface area contributed by atoms with Gasteiger partial charge in [-0.15, -0.1) is 0 Å². The van der Waals surface area contributed by atoms with Crippen LogP contribution in [0.5, 0.6) is 0 Å². The van der Waals surface area contributed by atoms with Gasteiger partial charge in [-0.25, -0.2) is 4.90 Å². The molecule has 2 aromatic rings. The van der Waals surface area contributed by atoms with E-state index in [1.165, 1.54) is 4.90 Å². The van der Waals surface area contributed by atoms with Crippen LogP contribution in [0.15, 0.2) is 59.1 Å². The van der Waals surface area contributed by atoms with Gasteiger partial charge in [-0.05, 0) is 30.3 Å². The van der Waals surface area contributed by atoms with Crippen molar-refractivity contribution in [1.29, 1.82) is 0 Å². The van der Waals surface area contributed by atoms with Crippen molar-refractivity contribution in [3.63, 3.8) is 0 Å². The number of carbonyl (C=O) groups is 3. The number of rotatable bonds is 3. The Labute approximate surface area is 171 Å². The molecule has 7 heteroatoms. The minimum Gasteiger partial charge on any atom is -0.336 e. The number of hydrogen-bond acceptors (Lipinski definition) is 4. The van der Waals surface area contributed by atoms with Gasteiger partial charge in [0.25, 0.3) is 11.8 Å². The third-order valence-corrected chi connectivity index (χ3v) is 5.75. The third-order valence-electron chi connectivity index (χ3n) is 5.25. The van der Waals surface area contributed by atoms with Crippen molar-refractivity contribution in [3.8, 4) is 0 Å². The zero-order valence-electron chi connectivity index (χ0n) is 15.3. The summed E-state index contributed by atoms with van der Waals surface area (Å²) in [6, 6.07) is 15.9. The molecule has 6 nitrogen and oxygen atoms in total. The highest BCUT2D eigenvalue weighted by Crippen LogP contribution is 2.28. The molecule has 2 aliphatic heterocycles. The molecule has 0 radical (unpaired) electrons. The summed E-state index contributed by atoms with van der Waals surface area (Å²) in [5.74, 6) is -0.369. The Morgan fingerprint density at radius 3 is 2.32 bits per heavy atom. The fraction of sp³-hybridized carbons (Fsp3) is 0.286. The fourth-order valence-electron chi connectivity index (χ4n) is 3.79. The predicted octanol–water partition coefficient (Wildman–Crippen LogP) is 2.54. The molecule has 144 valence electrons. The highest BCUT2D eigenvalue weighted by atomic mass is 79.9. The molecule has 1 atom stereocenters. The molecule has 2 aliphatic rings. The van der Waals surface area contributed by atoms with E-state index in [2.05, 4.69) is 15.9 Å². The summed E-state index contributed by atoms with van der Waals surface area (Å²) in [7, 11) is 0. The monoisotopic (exact) mass is 441 g/mol. The SMILES string of the molecule is O=C(c1ccccc1)N1CCN(C2CC(=O)N(c3cccc(Br)c3)C2=O)CC1. The maximum absolute atomic E-state index is 12.9. The molecule has 0 bridgehead atoms. The summed E-state index contributed by atoms with van der Waals surface area (Å²) in [5, 5.41) is 0. The fourth-order valence-corrected chi connectivity index (χ4v) is 4.17. The molecule has 4 rings (SSSR count). The number of anilines is 1. The average Bonchev–Trinajstić information content (AvgIpc) is 3.02. The Morgan fingerprint density at radius 2 is 1.64 bits per heavy atom. The summed E-state index contributed by atoms with van der Waals surface area (Å²) < 4.78 is 0.821. The number of amides is 3. The van der Waals surface area contributed by atoms with E-state index < -0.39 is 6.04 Å². The quantitative estimate of drug-likeness (QED) is 0.686. The molecule has 1 unspecified atom stereocenters. The van der Waals surface area contributed by atoms with Gasteiger partial charge in [0, 0.05) is 36.2 Å². The molecular formula is C21H20BrN3O3. The minimum atomic E-state index is -0.458. The number of nitrogens with zero attached hydrogens (tertiary/aromatic N) is 3. The van der Waals surface area contributed by atoms with Gasteiger partial charge in [-0.3, -0.25) is 19.3 Å². The zero-order chi connectivity index (χ0) is 19.7. The van der Waals surface area contributed by atoms with Crippen LogP contribution in [0.3, 0.4) is 0 Å². The first-order valence-electron chi connectivity index (χ1n) is 9.25. The lowest BCUT2D eigenvalue weighted by molar-refractivity contribution is -0.123. The first-order chi connectivity index (χ1) is 13.5. The van der Waals surface area contributed by atoms with E-state index in [4.69, 9.17) is 0 Å². The van der Waals surface area contributed by atoms with Crippen molar-refractivity contribution in [3.05, 3.63) is 64.6 Å². The van der Waals surface area contributed by atoms with Crippen LogP contribution in [-0.4, -0.2) is 59.7 Å². The molecule has 0 saturated carbocycles. The highest BCUT2D eigenvalue weighted by Gasteiger charge is 2.43. The van der Waals surface area contributed by atoms with Gasteiger partial charge in [0.2, 0.25) is 5.91 Å². The zero-order valence-corrected chi connectivity index (χ0v) is 16.8. The topological polar surface area (TPSA) is 60.9 Å². The summed E-state index contributed by atoms with van der Waals surface area (Å²) in [5.41, 5.74) is 1.26. The van der Waals surface area contributed by atoms with Crippen molar-refractivity contribution in [2.24, 2.45) is 0 Å². The smallest absolute Gasteiger partial charge is 0.253 e. The van der Waals surface area contributed by atoms with E-state index >= 15 is 0 Å². The van der Waals surface area contributed by atoms with Crippen LogP contribution in [0.1, 0.15) is 16.8 Å². The molecule has 2 heterocycles. The maximum Gasteiger partial charge on any atom is 0.253 e. The van der Waals surface area contributed by atoms with Gasteiger partial charge in [0.1, 0.15) is 0 Å². The van der Waals surface area contributed by atoms with Gasteiger partial charge < -0.3 is 4.90 Å². The number of piperazine rings is 1. The number of carbonyl (C=O) groups excluding carboxylic acids is 3. The Kier molecular flexibility index (Phi) is 5.28. The number of hydrogen-bond donors (Lipinski definition) is 0. The van der Waals surface area contributed by atoms with E-state index in [1.807, 2.05) is 41.3 Å². The number of benzene rings is 2. The highest BCUT2D eigenvalue weighted by molar-refractivity contribution is 9.10. The van der Waals surface area contributed by atoms with Gasteiger partial charge in [-0.1, -0.05) is 40.2 Å². The normalized spacial score (nSPS) is 20.7. The van der Waals surface area contributed by atoms with Crippen molar-refractivity contribution in [2.75, 3.05) is 31.1 Å². The lowest BCUT2D eigenvalue weighted by atomic mass is 10.1. The Hall–Kier alpha value is -2.51. The second-order valence-electron chi connectivity index (χ2n) is 6.96. The van der Waals surface area contributed by atoms with Crippen LogP contribution in [0.2, 0.25) is 0 Å². The molecule has 0 aromatic heterocycles. The largest absolute Gasteiger partial charge is 0.336 e. The van der Waals surface area contributed by atoms with E-state index in [-0.39, 0.29) is 24.1 Å². The van der Waals surface area contributed by atoms with Gasteiger partial charge in [0.15, 0.2) is 0 Å². The first kappa shape index (κ1) is 18.8. The lowest BCUT2D eigenvalue weighted by Gasteiger charge is -2.37. The van der Waals surface area contributed by atoms with Gasteiger partial charge >= 0.3 is 0 Å². The van der Waals surface area contributed by atoms with Crippen LogP contribution < -0.4 is 4.90 Å². The van der Waals surface area contributed by atoms with Crippen LogP contribution in [0.4, 0.5) is 5.69 Å². The molecule has 0 spiro atoms. The molecule has 0 N–H and O–H groups in total. The number of halogens is 1. The van der Waals surface area contributed by atoms with Gasteiger partial charge in [0.05, 0.1) is 18.2 Å². The molecule has 2 aromatic carbocycles. The summed E-state index contributed by atoms with van der Waals surface area (Å²) in [6.45, 7) is 2.24. The van der Waals surface area contributed by atoms with Crippen LogP contribution in [-0.2, 0) is 9.59 Å². The van der Waals surface area contributed by atoms with Crippen molar-refractivity contribution in [2.45, 2.75) is 12.5 Å². The van der Waals surface area contributed by atoms with Crippen molar-refractivity contribution < 1.29 is 14.4 Å². The van der Waals surface area contributed by atoms with E-state index in [9.17, 15) is 14.4 Å². The molecular weight excluding hydrogens is 422 g/mol.